The van der Waals surface area contributed by atoms with Crippen molar-refractivity contribution in [2.45, 2.75) is 65.3 Å². The number of carbonyl (C=O) groups excluding carboxylic acids is 1. The summed E-state index contributed by atoms with van der Waals surface area (Å²) in [6, 6.07) is -0.765. The molecule has 4 aliphatic carbocycles. The molecule has 4 nitrogen and oxygen atoms in total. The number of hydrogen-bond acceptors (Lipinski definition) is 2. The van der Waals surface area contributed by atoms with Crippen LogP contribution in [0.25, 0.3) is 0 Å². The summed E-state index contributed by atoms with van der Waals surface area (Å²) in [4.78, 5) is 24.2. The Labute approximate surface area is 126 Å². The highest BCUT2D eigenvalue weighted by atomic mass is 16.4. The number of rotatable bonds is 4. The van der Waals surface area contributed by atoms with Gasteiger partial charge in [0.2, 0.25) is 5.91 Å². The zero-order valence-corrected chi connectivity index (χ0v) is 13.3. The highest BCUT2D eigenvalue weighted by molar-refractivity contribution is 5.88. The van der Waals surface area contributed by atoms with Crippen molar-refractivity contribution in [3.05, 3.63) is 0 Å². The second-order valence-corrected chi connectivity index (χ2v) is 8.59. The number of aliphatic carboxylic acids is 1. The molecule has 4 rings (SSSR count). The van der Waals surface area contributed by atoms with Gasteiger partial charge in [0.15, 0.2) is 0 Å². The van der Waals surface area contributed by atoms with Crippen LogP contribution in [0.15, 0.2) is 0 Å². The molecule has 4 aliphatic rings. The van der Waals surface area contributed by atoms with E-state index in [1.54, 1.807) is 0 Å². The number of carbonyl (C=O) groups is 2. The van der Waals surface area contributed by atoms with Crippen molar-refractivity contribution >= 4 is 11.9 Å². The molecule has 0 aromatic carbocycles. The molecule has 4 fully saturated rings. The van der Waals surface area contributed by atoms with Crippen LogP contribution in [-0.2, 0) is 9.59 Å². The molecule has 0 heterocycles. The Hall–Kier alpha value is -1.06. The van der Waals surface area contributed by atoms with Crippen molar-refractivity contribution in [3.63, 3.8) is 0 Å². The van der Waals surface area contributed by atoms with Gasteiger partial charge in [0.05, 0.1) is 5.41 Å². The van der Waals surface area contributed by atoms with E-state index in [1.807, 2.05) is 13.8 Å². The predicted molar refractivity (Wildman–Crippen MR) is 79.6 cm³/mol. The summed E-state index contributed by atoms with van der Waals surface area (Å²) in [5.41, 5.74) is 0.0133. The predicted octanol–water partition coefficient (Wildman–Crippen LogP) is 2.82. The molecular formula is C17H27NO3. The van der Waals surface area contributed by atoms with Crippen LogP contribution < -0.4 is 5.32 Å². The molecule has 0 saturated heterocycles. The van der Waals surface area contributed by atoms with E-state index in [4.69, 9.17) is 0 Å². The standard InChI is InChI=1S/C17H27NO3/c1-10(2)13(14(19)20)18-15(21)17-7-11-4-12(8-17)6-16(3,5-11)9-17/h10-13H,4-9H2,1-3H3,(H,18,21)(H,19,20)/t11?,12?,13-,16?,17?/m1/s1. The van der Waals surface area contributed by atoms with E-state index in [2.05, 4.69) is 12.2 Å². The fourth-order valence-electron chi connectivity index (χ4n) is 5.79. The third-order valence-corrected chi connectivity index (χ3v) is 6.05. The zero-order valence-electron chi connectivity index (χ0n) is 13.3. The van der Waals surface area contributed by atoms with E-state index in [1.165, 1.54) is 19.3 Å². The van der Waals surface area contributed by atoms with Gasteiger partial charge in [0, 0.05) is 0 Å². The van der Waals surface area contributed by atoms with Crippen LogP contribution in [0.3, 0.4) is 0 Å². The van der Waals surface area contributed by atoms with Gasteiger partial charge in [-0.15, -0.1) is 0 Å². The second-order valence-electron chi connectivity index (χ2n) is 8.59. The minimum atomic E-state index is -0.922. The molecule has 3 atom stereocenters. The quantitative estimate of drug-likeness (QED) is 0.837. The van der Waals surface area contributed by atoms with Crippen LogP contribution >= 0.6 is 0 Å². The van der Waals surface area contributed by atoms with Crippen molar-refractivity contribution in [2.24, 2.45) is 28.6 Å². The lowest BCUT2D eigenvalue weighted by atomic mass is 9.44. The Bertz CT molecular complexity index is 457. The van der Waals surface area contributed by atoms with Gasteiger partial charge < -0.3 is 10.4 Å². The monoisotopic (exact) mass is 293 g/mol. The number of carboxylic acids is 1. The first-order valence-electron chi connectivity index (χ1n) is 8.27. The van der Waals surface area contributed by atoms with E-state index in [-0.39, 0.29) is 17.2 Å². The molecule has 118 valence electrons. The minimum absolute atomic E-state index is 0.00363. The van der Waals surface area contributed by atoms with E-state index >= 15 is 0 Å². The Kier molecular flexibility index (Phi) is 3.34. The first-order chi connectivity index (χ1) is 9.73. The van der Waals surface area contributed by atoms with Crippen LogP contribution in [0.1, 0.15) is 59.3 Å². The Morgan fingerprint density at radius 3 is 2.14 bits per heavy atom. The van der Waals surface area contributed by atoms with Gasteiger partial charge in [-0.1, -0.05) is 20.8 Å². The molecular weight excluding hydrogens is 266 g/mol. The SMILES string of the molecule is CC(C)[C@@H](NC(=O)C12CC3CC(CC(C)(C3)C1)C2)C(=O)O. The van der Waals surface area contributed by atoms with Gasteiger partial charge in [-0.25, -0.2) is 4.79 Å². The summed E-state index contributed by atoms with van der Waals surface area (Å²) >= 11 is 0. The van der Waals surface area contributed by atoms with Gasteiger partial charge in [0.25, 0.3) is 0 Å². The lowest BCUT2D eigenvalue weighted by Gasteiger charge is -2.60. The smallest absolute Gasteiger partial charge is 0.326 e. The van der Waals surface area contributed by atoms with Gasteiger partial charge in [-0.3, -0.25) is 4.79 Å². The van der Waals surface area contributed by atoms with E-state index in [9.17, 15) is 14.7 Å². The molecule has 0 radical (unpaired) electrons. The highest BCUT2D eigenvalue weighted by Crippen LogP contribution is 2.65. The summed E-state index contributed by atoms with van der Waals surface area (Å²) in [5, 5.41) is 12.2. The van der Waals surface area contributed by atoms with Crippen LogP contribution in [-0.4, -0.2) is 23.0 Å². The van der Waals surface area contributed by atoms with Gasteiger partial charge >= 0.3 is 5.97 Å². The van der Waals surface area contributed by atoms with Gasteiger partial charge in [-0.05, 0) is 61.7 Å². The maximum atomic E-state index is 12.9. The van der Waals surface area contributed by atoms with Crippen LogP contribution in [0.2, 0.25) is 0 Å². The Balaban J connectivity index is 1.79. The minimum Gasteiger partial charge on any atom is -0.480 e. The van der Waals surface area contributed by atoms with E-state index in [0.717, 1.165) is 19.3 Å². The summed E-state index contributed by atoms with van der Waals surface area (Å²) in [6.45, 7) is 6.02. The zero-order chi connectivity index (χ0) is 15.4. The summed E-state index contributed by atoms with van der Waals surface area (Å²) in [7, 11) is 0. The first-order valence-corrected chi connectivity index (χ1v) is 8.27. The summed E-state index contributed by atoms with van der Waals surface area (Å²) in [6.07, 6.45) is 6.67. The van der Waals surface area contributed by atoms with E-state index < -0.39 is 12.0 Å². The van der Waals surface area contributed by atoms with Gasteiger partial charge in [-0.2, -0.15) is 0 Å². The molecule has 0 aromatic heterocycles. The van der Waals surface area contributed by atoms with Crippen molar-refractivity contribution in [1.82, 2.24) is 5.32 Å². The Morgan fingerprint density at radius 1 is 1.14 bits per heavy atom. The lowest BCUT2D eigenvalue weighted by Crippen LogP contribution is -2.59. The molecule has 2 unspecified atom stereocenters. The molecule has 2 N–H and O–H groups in total. The molecule has 0 aliphatic heterocycles. The molecule has 4 saturated carbocycles. The topological polar surface area (TPSA) is 66.4 Å². The molecule has 21 heavy (non-hydrogen) atoms. The average Bonchev–Trinajstić information content (AvgIpc) is 2.31. The third kappa shape index (κ3) is 2.47. The fourth-order valence-corrected chi connectivity index (χ4v) is 5.79. The Morgan fingerprint density at radius 2 is 1.71 bits per heavy atom. The molecule has 0 aromatic rings. The molecule has 0 spiro atoms. The fraction of sp³-hybridized carbons (Fsp3) is 0.882. The molecule has 4 heteroatoms. The van der Waals surface area contributed by atoms with Crippen molar-refractivity contribution in [1.29, 1.82) is 0 Å². The van der Waals surface area contributed by atoms with Gasteiger partial charge in [0.1, 0.15) is 6.04 Å². The first kappa shape index (κ1) is 14.9. The van der Waals surface area contributed by atoms with E-state index in [0.29, 0.717) is 17.3 Å². The van der Waals surface area contributed by atoms with Crippen LogP contribution in [0.5, 0.6) is 0 Å². The average molecular weight is 293 g/mol. The van der Waals surface area contributed by atoms with Crippen molar-refractivity contribution in [3.8, 4) is 0 Å². The summed E-state index contributed by atoms with van der Waals surface area (Å²) < 4.78 is 0. The summed E-state index contributed by atoms with van der Waals surface area (Å²) in [5.74, 6) is 0.336. The molecule has 4 bridgehead atoms. The maximum Gasteiger partial charge on any atom is 0.326 e. The van der Waals surface area contributed by atoms with Crippen LogP contribution in [0, 0.1) is 28.6 Å². The van der Waals surface area contributed by atoms with Crippen LogP contribution in [0.4, 0.5) is 0 Å². The number of hydrogen-bond donors (Lipinski definition) is 2. The number of carboxylic acid groups (broad SMARTS) is 1. The number of nitrogens with one attached hydrogen (secondary N) is 1. The normalized spacial score (nSPS) is 42.1. The third-order valence-electron chi connectivity index (χ3n) is 6.05. The molecule has 1 amide bonds. The largest absolute Gasteiger partial charge is 0.480 e. The van der Waals surface area contributed by atoms with Crippen molar-refractivity contribution < 1.29 is 14.7 Å². The maximum absolute atomic E-state index is 12.9. The second kappa shape index (κ2) is 4.72. The lowest BCUT2D eigenvalue weighted by molar-refractivity contribution is -0.159. The number of amides is 1. The highest BCUT2D eigenvalue weighted by Gasteiger charge is 2.59. The van der Waals surface area contributed by atoms with Crippen molar-refractivity contribution in [2.75, 3.05) is 0 Å².